The van der Waals surface area contributed by atoms with Gasteiger partial charge in [-0.1, -0.05) is 11.6 Å². The highest BCUT2D eigenvalue weighted by Crippen LogP contribution is 2.37. The van der Waals surface area contributed by atoms with Crippen LogP contribution in [-0.4, -0.2) is 24.2 Å². The molecule has 0 aliphatic carbocycles. The molecule has 1 saturated heterocycles. The molecule has 3 rings (SSSR count). The van der Waals surface area contributed by atoms with Crippen LogP contribution in [0.5, 0.6) is 0 Å². The van der Waals surface area contributed by atoms with Gasteiger partial charge in [0.05, 0.1) is 6.04 Å². The molecule has 2 aliphatic rings. The summed E-state index contributed by atoms with van der Waals surface area (Å²) in [7, 11) is 0. The van der Waals surface area contributed by atoms with E-state index in [9.17, 15) is 4.79 Å². The molecule has 1 aromatic rings. The molecule has 3 nitrogen and oxygen atoms in total. The summed E-state index contributed by atoms with van der Waals surface area (Å²) < 4.78 is 0. The van der Waals surface area contributed by atoms with Gasteiger partial charge in [-0.2, -0.15) is 0 Å². The Morgan fingerprint density at radius 3 is 3.05 bits per heavy atom. The molecule has 20 heavy (non-hydrogen) atoms. The second-order valence-corrected chi connectivity index (χ2v) is 6.95. The van der Waals surface area contributed by atoms with Crippen molar-refractivity contribution in [2.75, 3.05) is 12.3 Å². The van der Waals surface area contributed by atoms with E-state index in [2.05, 4.69) is 16.7 Å². The van der Waals surface area contributed by atoms with Crippen molar-refractivity contribution >= 4 is 29.3 Å². The van der Waals surface area contributed by atoms with Crippen LogP contribution in [0.1, 0.15) is 37.3 Å². The first-order valence-electron chi connectivity index (χ1n) is 7.20. The second-order valence-electron chi connectivity index (χ2n) is 5.38. The quantitative estimate of drug-likeness (QED) is 0.882. The van der Waals surface area contributed by atoms with Crippen LogP contribution in [0.3, 0.4) is 0 Å². The van der Waals surface area contributed by atoms with Gasteiger partial charge in [-0.05, 0) is 55.2 Å². The number of amides is 1. The first kappa shape index (κ1) is 14.2. The maximum atomic E-state index is 12.1. The van der Waals surface area contributed by atoms with E-state index >= 15 is 0 Å². The number of fused-ring (bicyclic) bond motifs is 1. The largest absolute Gasteiger partial charge is 0.355 e. The average molecular weight is 311 g/mol. The Hall–Kier alpha value is -0.710. The van der Waals surface area contributed by atoms with Crippen LogP contribution in [0.4, 0.5) is 0 Å². The molecule has 0 spiro atoms. The Kier molecular flexibility index (Phi) is 4.54. The normalized spacial score (nSPS) is 26.6. The third-order valence-corrected chi connectivity index (χ3v) is 5.31. The Bertz CT molecular complexity index is 509. The van der Waals surface area contributed by atoms with E-state index in [4.69, 9.17) is 11.6 Å². The van der Waals surface area contributed by atoms with Crippen molar-refractivity contribution in [1.29, 1.82) is 0 Å². The molecule has 2 N–H and O–H groups in total. The van der Waals surface area contributed by atoms with Crippen LogP contribution >= 0.6 is 23.4 Å². The van der Waals surface area contributed by atoms with Crippen molar-refractivity contribution in [2.45, 2.75) is 42.7 Å². The maximum absolute atomic E-state index is 12.1. The van der Waals surface area contributed by atoms with Gasteiger partial charge in [-0.25, -0.2) is 0 Å². The van der Waals surface area contributed by atoms with Gasteiger partial charge in [0, 0.05) is 22.5 Å². The summed E-state index contributed by atoms with van der Waals surface area (Å²) in [6.07, 6.45) is 4.14. The first-order chi connectivity index (χ1) is 9.74. The number of rotatable bonds is 2. The third-order valence-electron chi connectivity index (χ3n) is 3.95. The Balaban J connectivity index is 1.78. The molecule has 1 amide bonds. The molecule has 2 heterocycles. The summed E-state index contributed by atoms with van der Waals surface area (Å²) in [6, 6.07) is 6.23. The fourth-order valence-corrected chi connectivity index (χ4v) is 4.17. The fourth-order valence-electron chi connectivity index (χ4n) is 2.88. The number of halogens is 1. The number of hydrogen-bond donors (Lipinski definition) is 2. The monoisotopic (exact) mass is 310 g/mol. The molecular weight excluding hydrogens is 292 g/mol. The number of benzene rings is 1. The molecule has 2 atom stereocenters. The Labute approximate surface area is 128 Å². The van der Waals surface area contributed by atoms with Crippen LogP contribution in [0.15, 0.2) is 23.1 Å². The van der Waals surface area contributed by atoms with Crippen LogP contribution in [0.25, 0.3) is 0 Å². The minimum atomic E-state index is -0.0718. The Morgan fingerprint density at radius 2 is 2.15 bits per heavy atom. The number of carbonyl (C=O) groups excluding carboxylic acids is 1. The van der Waals surface area contributed by atoms with E-state index in [1.165, 1.54) is 10.5 Å². The molecule has 0 radical (unpaired) electrons. The van der Waals surface area contributed by atoms with Gasteiger partial charge in [0.25, 0.3) is 0 Å². The predicted octanol–water partition coefficient (Wildman–Crippen LogP) is 3.14. The summed E-state index contributed by atoms with van der Waals surface area (Å²) in [5.41, 5.74) is 1.24. The van der Waals surface area contributed by atoms with E-state index in [1.54, 1.807) is 0 Å². The van der Waals surface area contributed by atoms with Crippen LogP contribution in [0.2, 0.25) is 5.02 Å². The highest BCUT2D eigenvalue weighted by atomic mass is 35.5. The summed E-state index contributed by atoms with van der Waals surface area (Å²) in [6.45, 7) is 0.806. The predicted molar refractivity (Wildman–Crippen MR) is 83.3 cm³/mol. The molecule has 1 fully saturated rings. The molecule has 108 valence electrons. The summed E-state index contributed by atoms with van der Waals surface area (Å²) in [4.78, 5) is 13.3. The summed E-state index contributed by atoms with van der Waals surface area (Å²) >= 11 is 7.99. The molecule has 1 aromatic carbocycles. The van der Waals surface area contributed by atoms with Gasteiger partial charge in [-0.15, -0.1) is 11.8 Å². The van der Waals surface area contributed by atoms with Gasteiger partial charge < -0.3 is 5.32 Å². The zero-order valence-electron chi connectivity index (χ0n) is 11.3. The molecule has 0 saturated carbocycles. The van der Waals surface area contributed by atoms with Crippen molar-refractivity contribution in [1.82, 2.24) is 10.6 Å². The van der Waals surface area contributed by atoms with Crippen molar-refractivity contribution in [3.8, 4) is 0 Å². The zero-order valence-corrected chi connectivity index (χ0v) is 12.9. The number of nitrogens with one attached hydrogen (secondary N) is 2. The van der Waals surface area contributed by atoms with Gasteiger partial charge >= 0.3 is 0 Å². The van der Waals surface area contributed by atoms with Gasteiger partial charge in [0.15, 0.2) is 0 Å². The van der Waals surface area contributed by atoms with Crippen LogP contribution in [-0.2, 0) is 4.79 Å². The van der Waals surface area contributed by atoms with E-state index < -0.39 is 0 Å². The zero-order chi connectivity index (χ0) is 13.9. The highest BCUT2D eigenvalue weighted by Gasteiger charge is 2.27. The lowest BCUT2D eigenvalue weighted by Gasteiger charge is -2.29. The first-order valence-corrected chi connectivity index (χ1v) is 8.56. The Morgan fingerprint density at radius 1 is 1.25 bits per heavy atom. The third kappa shape index (κ3) is 3.13. The molecule has 2 unspecified atom stereocenters. The summed E-state index contributed by atoms with van der Waals surface area (Å²) in [5.74, 6) is 1.23. The molecule has 0 bridgehead atoms. The van der Waals surface area contributed by atoms with Crippen molar-refractivity contribution in [2.24, 2.45) is 0 Å². The van der Waals surface area contributed by atoms with Gasteiger partial charge in [-0.3, -0.25) is 10.1 Å². The van der Waals surface area contributed by atoms with Gasteiger partial charge in [0.1, 0.15) is 0 Å². The van der Waals surface area contributed by atoms with Crippen LogP contribution in [0, 0.1) is 0 Å². The standard InChI is InChI=1S/C15H19ClN2OS/c16-10-4-5-14-11(9-10)12(6-8-20-14)18-13-3-1-2-7-17-15(13)19/h4-5,9,12-13,18H,1-3,6-8H2,(H,17,19). The van der Waals surface area contributed by atoms with E-state index in [0.717, 1.165) is 43.0 Å². The summed E-state index contributed by atoms with van der Waals surface area (Å²) in [5, 5.41) is 7.30. The van der Waals surface area contributed by atoms with E-state index in [1.807, 2.05) is 23.9 Å². The number of hydrogen-bond acceptors (Lipinski definition) is 3. The SMILES string of the molecule is O=C1NCCCCC1NC1CCSc2ccc(Cl)cc21. The van der Waals surface area contributed by atoms with E-state index in [-0.39, 0.29) is 18.0 Å². The molecule has 2 aliphatic heterocycles. The molecule has 5 heteroatoms. The van der Waals surface area contributed by atoms with Crippen LogP contribution < -0.4 is 10.6 Å². The molecular formula is C15H19ClN2OS. The smallest absolute Gasteiger partial charge is 0.237 e. The van der Waals surface area contributed by atoms with Crippen molar-refractivity contribution < 1.29 is 4.79 Å². The van der Waals surface area contributed by atoms with E-state index in [0.29, 0.717) is 0 Å². The highest BCUT2D eigenvalue weighted by molar-refractivity contribution is 7.99. The molecule has 0 aromatic heterocycles. The number of carbonyl (C=O) groups is 1. The second kappa shape index (κ2) is 6.37. The lowest BCUT2D eigenvalue weighted by Crippen LogP contribution is -2.44. The van der Waals surface area contributed by atoms with Crippen molar-refractivity contribution in [3.05, 3.63) is 28.8 Å². The maximum Gasteiger partial charge on any atom is 0.237 e. The minimum absolute atomic E-state index is 0.0718. The van der Waals surface area contributed by atoms with Crippen molar-refractivity contribution in [3.63, 3.8) is 0 Å². The topological polar surface area (TPSA) is 41.1 Å². The fraction of sp³-hybridized carbons (Fsp3) is 0.533. The number of thioether (sulfide) groups is 1. The lowest BCUT2D eigenvalue weighted by molar-refractivity contribution is -0.123. The van der Waals surface area contributed by atoms with Gasteiger partial charge in [0.2, 0.25) is 5.91 Å². The minimum Gasteiger partial charge on any atom is -0.355 e. The lowest BCUT2D eigenvalue weighted by atomic mass is 10.0. The average Bonchev–Trinajstić information content (AvgIpc) is 2.65.